The highest BCUT2D eigenvalue weighted by Gasteiger charge is 2.31. The van der Waals surface area contributed by atoms with Crippen molar-refractivity contribution in [3.05, 3.63) is 24.3 Å². The van der Waals surface area contributed by atoms with Gasteiger partial charge in [-0.2, -0.15) is 0 Å². The van der Waals surface area contributed by atoms with Crippen molar-refractivity contribution in [2.45, 2.75) is 18.8 Å². The summed E-state index contributed by atoms with van der Waals surface area (Å²) in [6.45, 7) is 0.963. The predicted molar refractivity (Wildman–Crippen MR) is 71.7 cm³/mol. The third kappa shape index (κ3) is 5.09. The van der Waals surface area contributed by atoms with Gasteiger partial charge in [-0.15, -0.1) is 13.2 Å². The molecule has 1 aromatic rings. The molecular formula is C12H15F3N2O3S. The van der Waals surface area contributed by atoms with Crippen LogP contribution in [-0.4, -0.2) is 40.2 Å². The Morgan fingerprint density at radius 2 is 2.10 bits per heavy atom. The molecular weight excluding hydrogens is 309 g/mol. The van der Waals surface area contributed by atoms with Gasteiger partial charge in [-0.25, -0.2) is 13.1 Å². The summed E-state index contributed by atoms with van der Waals surface area (Å²) < 4.78 is 65.3. The van der Waals surface area contributed by atoms with E-state index in [0.29, 0.717) is 25.2 Å². The van der Waals surface area contributed by atoms with Gasteiger partial charge in [0.1, 0.15) is 5.75 Å². The monoisotopic (exact) mass is 324 g/mol. The third-order valence-electron chi connectivity index (χ3n) is 2.99. The minimum Gasteiger partial charge on any atom is -0.406 e. The molecule has 1 N–H and O–H groups in total. The van der Waals surface area contributed by atoms with Crippen LogP contribution in [0, 0.1) is 0 Å². The maximum absolute atomic E-state index is 12.2. The molecule has 0 aliphatic carbocycles. The number of hydrogen-bond donors (Lipinski definition) is 1. The van der Waals surface area contributed by atoms with E-state index in [1.807, 2.05) is 4.90 Å². The van der Waals surface area contributed by atoms with Crippen LogP contribution in [0.2, 0.25) is 0 Å². The van der Waals surface area contributed by atoms with Gasteiger partial charge in [-0.3, -0.25) is 0 Å². The first kappa shape index (κ1) is 15.9. The standard InChI is InChI=1S/C12H15F3N2O3S/c1-21(18,19)16-9-5-6-17(8-9)10-3-2-4-11(7-10)20-12(13,14)15/h2-4,7,9,16H,5-6,8H2,1H3. The lowest BCUT2D eigenvalue weighted by Crippen LogP contribution is -2.36. The Balaban J connectivity index is 2.05. The Morgan fingerprint density at radius 3 is 2.71 bits per heavy atom. The van der Waals surface area contributed by atoms with Crippen LogP contribution < -0.4 is 14.4 Å². The normalized spacial score (nSPS) is 19.8. The van der Waals surface area contributed by atoms with E-state index in [4.69, 9.17) is 0 Å². The van der Waals surface area contributed by atoms with Gasteiger partial charge in [-0.05, 0) is 18.6 Å². The highest BCUT2D eigenvalue weighted by molar-refractivity contribution is 7.88. The van der Waals surface area contributed by atoms with Crippen molar-refractivity contribution >= 4 is 15.7 Å². The maximum Gasteiger partial charge on any atom is 0.573 e. The highest BCUT2D eigenvalue weighted by atomic mass is 32.2. The van der Waals surface area contributed by atoms with Crippen molar-refractivity contribution in [1.82, 2.24) is 4.72 Å². The van der Waals surface area contributed by atoms with E-state index in [1.165, 1.54) is 18.2 Å². The van der Waals surface area contributed by atoms with Gasteiger partial charge in [0.15, 0.2) is 0 Å². The van der Waals surface area contributed by atoms with Gasteiger partial charge in [-0.1, -0.05) is 6.07 Å². The molecule has 1 aliphatic rings. The summed E-state index contributed by atoms with van der Waals surface area (Å²) >= 11 is 0. The van der Waals surface area contributed by atoms with E-state index < -0.39 is 16.4 Å². The number of nitrogens with one attached hydrogen (secondary N) is 1. The summed E-state index contributed by atoms with van der Waals surface area (Å²) in [6, 6.07) is 5.39. The number of ether oxygens (including phenoxy) is 1. The van der Waals surface area contributed by atoms with Gasteiger partial charge < -0.3 is 9.64 Å². The van der Waals surface area contributed by atoms with Crippen molar-refractivity contribution in [3.63, 3.8) is 0 Å². The lowest BCUT2D eigenvalue weighted by molar-refractivity contribution is -0.274. The summed E-state index contributed by atoms with van der Waals surface area (Å²) in [5.41, 5.74) is 0.564. The van der Waals surface area contributed by atoms with Crippen LogP contribution in [0.5, 0.6) is 5.75 Å². The van der Waals surface area contributed by atoms with Crippen molar-refractivity contribution in [1.29, 1.82) is 0 Å². The second kappa shape index (κ2) is 5.72. The quantitative estimate of drug-likeness (QED) is 0.916. The highest BCUT2D eigenvalue weighted by Crippen LogP contribution is 2.28. The minimum atomic E-state index is -4.73. The van der Waals surface area contributed by atoms with Crippen LogP contribution in [-0.2, 0) is 10.0 Å². The van der Waals surface area contributed by atoms with Crippen LogP contribution in [0.4, 0.5) is 18.9 Å². The Kier molecular flexibility index (Phi) is 4.33. The maximum atomic E-state index is 12.2. The van der Waals surface area contributed by atoms with Gasteiger partial charge in [0.05, 0.1) is 6.26 Å². The van der Waals surface area contributed by atoms with Crippen molar-refractivity contribution in [3.8, 4) is 5.75 Å². The van der Waals surface area contributed by atoms with Gasteiger partial charge in [0.25, 0.3) is 0 Å². The van der Waals surface area contributed by atoms with Crippen LogP contribution in [0.15, 0.2) is 24.3 Å². The number of nitrogens with zero attached hydrogens (tertiary/aromatic N) is 1. The lowest BCUT2D eigenvalue weighted by Gasteiger charge is -2.20. The number of benzene rings is 1. The summed E-state index contributed by atoms with van der Waals surface area (Å²) in [7, 11) is -3.30. The van der Waals surface area contributed by atoms with E-state index in [-0.39, 0.29) is 11.8 Å². The number of alkyl halides is 3. The van der Waals surface area contributed by atoms with Crippen LogP contribution in [0.1, 0.15) is 6.42 Å². The summed E-state index contributed by atoms with van der Waals surface area (Å²) in [5, 5.41) is 0. The molecule has 2 rings (SSSR count). The molecule has 1 aliphatic heterocycles. The minimum absolute atomic E-state index is 0.243. The van der Waals surface area contributed by atoms with Crippen LogP contribution >= 0.6 is 0 Å². The molecule has 0 bridgehead atoms. The molecule has 0 saturated carbocycles. The number of anilines is 1. The Labute approximate surface area is 120 Å². The first-order chi connectivity index (χ1) is 9.62. The van der Waals surface area contributed by atoms with E-state index >= 15 is 0 Å². The third-order valence-corrected chi connectivity index (χ3v) is 3.75. The molecule has 0 aromatic heterocycles. The smallest absolute Gasteiger partial charge is 0.406 e. The fraction of sp³-hybridized carbons (Fsp3) is 0.500. The lowest BCUT2D eigenvalue weighted by atomic mass is 10.3. The zero-order valence-corrected chi connectivity index (χ0v) is 12.0. The topological polar surface area (TPSA) is 58.6 Å². The van der Waals surface area contributed by atoms with Gasteiger partial charge >= 0.3 is 6.36 Å². The first-order valence-corrected chi connectivity index (χ1v) is 8.09. The molecule has 0 spiro atoms. The summed E-state index contributed by atoms with van der Waals surface area (Å²) in [4.78, 5) is 1.81. The molecule has 1 fully saturated rings. The molecule has 5 nitrogen and oxygen atoms in total. The molecule has 1 heterocycles. The number of rotatable bonds is 4. The Morgan fingerprint density at radius 1 is 1.38 bits per heavy atom. The van der Waals surface area contributed by atoms with E-state index in [1.54, 1.807) is 6.07 Å². The zero-order valence-electron chi connectivity index (χ0n) is 11.2. The van der Waals surface area contributed by atoms with E-state index in [9.17, 15) is 21.6 Å². The molecule has 9 heteroatoms. The Hall–Kier alpha value is -1.48. The zero-order chi connectivity index (χ0) is 15.7. The van der Waals surface area contributed by atoms with Crippen molar-refractivity contribution in [2.75, 3.05) is 24.2 Å². The number of sulfonamides is 1. The second-order valence-electron chi connectivity index (χ2n) is 4.87. The molecule has 1 aromatic carbocycles. The average Bonchev–Trinajstić information content (AvgIpc) is 2.73. The fourth-order valence-corrected chi connectivity index (χ4v) is 3.07. The molecule has 1 atom stereocenters. The molecule has 1 unspecified atom stereocenters. The van der Waals surface area contributed by atoms with Gasteiger partial charge in [0, 0.05) is 30.9 Å². The number of hydrogen-bond acceptors (Lipinski definition) is 4. The van der Waals surface area contributed by atoms with Crippen molar-refractivity contribution < 1.29 is 26.3 Å². The SMILES string of the molecule is CS(=O)(=O)NC1CCN(c2cccc(OC(F)(F)F)c2)C1. The largest absolute Gasteiger partial charge is 0.573 e. The van der Waals surface area contributed by atoms with E-state index in [2.05, 4.69) is 9.46 Å². The van der Waals surface area contributed by atoms with Crippen molar-refractivity contribution in [2.24, 2.45) is 0 Å². The summed E-state index contributed by atoms with van der Waals surface area (Å²) in [5.74, 6) is -0.292. The van der Waals surface area contributed by atoms with Gasteiger partial charge in [0.2, 0.25) is 10.0 Å². The fourth-order valence-electron chi connectivity index (χ4n) is 2.27. The molecule has 1 saturated heterocycles. The van der Waals surface area contributed by atoms with Crippen LogP contribution in [0.25, 0.3) is 0 Å². The summed E-state index contributed by atoms with van der Waals surface area (Å²) in [6.07, 6.45) is -3.06. The average molecular weight is 324 g/mol. The number of halogens is 3. The van der Waals surface area contributed by atoms with Crippen LogP contribution in [0.3, 0.4) is 0 Å². The second-order valence-corrected chi connectivity index (χ2v) is 6.65. The Bertz CT molecular complexity index is 604. The molecule has 118 valence electrons. The molecule has 0 radical (unpaired) electrons. The van der Waals surface area contributed by atoms with E-state index in [0.717, 1.165) is 6.26 Å². The first-order valence-electron chi connectivity index (χ1n) is 6.20. The predicted octanol–water partition coefficient (Wildman–Crippen LogP) is 1.71. The molecule has 0 amide bonds. The molecule has 21 heavy (non-hydrogen) atoms.